The first-order valence-corrected chi connectivity index (χ1v) is 5.32. The van der Waals surface area contributed by atoms with Crippen LogP contribution in [0.25, 0.3) is 11.0 Å². The monoisotopic (exact) mass is 212 g/mol. The Labute approximate surface area is 93.5 Å². The van der Waals surface area contributed by atoms with Crippen molar-refractivity contribution in [3.8, 4) is 0 Å². The van der Waals surface area contributed by atoms with Crippen molar-refractivity contribution in [2.45, 2.75) is 13.3 Å². The molecule has 0 aliphatic carbocycles. The first kappa shape index (κ1) is 9.28. The number of rotatable bonds is 2. The van der Waals surface area contributed by atoms with Crippen molar-refractivity contribution < 1.29 is 8.83 Å². The lowest BCUT2D eigenvalue weighted by Gasteiger charge is -1.99. The van der Waals surface area contributed by atoms with Crippen molar-refractivity contribution in [3.05, 3.63) is 59.7 Å². The summed E-state index contributed by atoms with van der Waals surface area (Å²) in [4.78, 5) is 0. The number of para-hydroxylation sites is 1. The van der Waals surface area contributed by atoms with Gasteiger partial charge in [0.05, 0.1) is 12.5 Å². The highest BCUT2D eigenvalue weighted by atomic mass is 16.3. The molecule has 0 bridgehead atoms. The highest BCUT2D eigenvalue weighted by molar-refractivity contribution is 5.83. The molecule has 0 aliphatic heterocycles. The van der Waals surface area contributed by atoms with Gasteiger partial charge in [0.1, 0.15) is 11.3 Å². The summed E-state index contributed by atoms with van der Waals surface area (Å²) < 4.78 is 10.9. The van der Waals surface area contributed by atoms with Crippen molar-refractivity contribution in [1.82, 2.24) is 0 Å². The number of aryl methyl sites for hydroxylation is 1. The minimum absolute atomic E-state index is 0.775. The van der Waals surface area contributed by atoms with Gasteiger partial charge in [-0.2, -0.15) is 0 Å². The van der Waals surface area contributed by atoms with Gasteiger partial charge < -0.3 is 8.83 Å². The van der Waals surface area contributed by atoms with Crippen molar-refractivity contribution >= 4 is 11.0 Å². The van der Waals surface area contributed by atoms with Crippen LogP contribution in [0.2, 0.25) is 0 Å². The van der Waals surface area contributed by atoms with Crippen molar-refractivity contribution in [2.24, 2.45) is 0 Å². The molecule has 0 fully saturated rings. The fourth-order valence-electron chi connectivity index (χ4n) is 1.99. The van der Waals surface area contributed by atoms with Crippen LogP contribution in [0.3, 0.4) is 0 Å². The second-order valence-corrected chi connectivity index (χ2v) is 3.97. The molecule has 2 aromatic heterocycles. The zero-order chi connectivity index (χ0) is 11.0. The Morgan fingerprint density at radius 3 is 2.81 bits per heavy atom. The fraction of sp³-hybridized carbons (Fsp3) is 0.143. The van der Waals surface area contributed by atoms with Crippen molar-refractivity contribution in [3.63, 3.8) is 0 Å². The summed E-state index contributed by atoms with van der Waals surface area (Å²) in [5.74, 6) is 0.960. The summed E-state index contributed by atoms with van der Waals surface area (Å²) in [7, 11) is 0. The third kappa shape index (κ3) is 1.43. The Kier molecular flexibility index (Phi) is 2.07. The van der Waals surface area contributed by atoms with Gasteiger partial charge in [0.15, 0.2) is 0 Å². The molecular formula is C14H12O2. The summed E-state index contributed by atoms with van der Waals surface area (Å²) >= 11 is 0. The average Bonchev–Trinajstić information content (AvgIpc) is 2.90. The molecule has 16 heavy (non-hydrogen) atoms. The molecule has 2 heteroatoms. The molecule has 2 nitrogen and oxygen atoms in total. The predicted octanol–water partition coefficient (Wildman–Crippen LogP) is 3.93. The second kappa shape index (κ2) is 3.56. The van der Waals surface area contributed by atoms with E-state index in [9.17, 15) is 0 Å². The van der Waals surface area contributed by atoms with Crippen LogP contribution in [-0.2, 0) is 6.42 Å². The minimum Gasteiger partial charge on any atom is -0.469 e. The summed E-state index contributed by atoms with van der Waals surface area (Å²) in [5, 5.41) is 1.18. The topological polar surface area (TPSA) is 26.3 Å². The number of hydrogen-bond donors (Lipinski definition) is 0. The quantitative estimate of drug-likeness (QED) is 0.643. The van der Waals surface area contributed by atoms with Gasteiger partial charge in [-0.15, -0.1) is 0 Å². The van der Waals surface area contributed by atoms with Crippen LogP contribution in [-0.4, -0.2) is 0 Å². The summed E-state index contributed by atoms with van der Waals surface area (Å²) in [6.45, 7) is 2.06. The van der Waals surface area contributed by atoms with Crippen LogP contribution >= 0.6 is 0 Å². The number of hydrogen-bond acceptors (Lipinski definition) is 2. The molecule has 0 saturated heterocycles. The van der Waals surface area contributed by atoms with E-state index in [2.05, 4.69) is 25.1 Å². The van der Waals surface area contributed by atoms with Gasteiger partial charge in [-0.3, -0.25) is 0 Å². The van der Waals surface area contributed by atoms with Gasteiger partial charge in [-0.25, -0.2) is 0 Å². The molecule has 0 amide bonds. The number of fused-ring (bicyclic) bond motifs is 1. The van der Waals surface area contributed by atoms with Gasteiger partial charge in [-0.1, -0.05) is 18.2 Å². The van der Waals surface area contributed by atoms with Gasteiger partial charge in [0.25, 0.3) is 0 Å². The SMILES string of the molecule is Cc1coc2c(Cc3ccco3)cccc12. The summed E-state index contributed by atoms with van der Waals surface area (Å²) in [6.07, 6.45) is 4.27. The van der Waals surface area contributed by atoms with Crippen LogP contribution in [0.1, 0.15) is 16.9 Å². The van der Waals surface area contributed by atoms with Crippen LogP contribution in [0.5, 0.6) is 0 Å². The largest absolute Gasteiger partial charge is 0.469 e. The van der Waals surface area contributed by atoms with Gasteiger partial charge in [0, 0.05) is 17.4 Å². The summed E-state index contributed by atoms with van der Waals surface area (Å²) in [6, 6.07) is 10.1. The van der Waals surface area contributed by atoms with E-state index in [4.69, 9.17) is 8.83 Å². The lowest BCUT2D eigenvalue weighted by Crippen LogP contribution is -1.86. The van der Waals surface area contributed by atoms with Crippen LogP contribution in [0.4, 0.5) is 0 Å². The molecule has 3 aromatic rings. The molecule has 1 aromatic carbocycles. The maximum absolute atomic E-state index is 5.59. The Morgan fingerprint density at radius 2 is 2.00 bits per heavy atom. The molecule has 0 aliphatic rings. The smallest absolute Gasteiger partial charge is 0.137 e. The first-order valence-electron chi connectivity index (χ1n) is 5.32. The van der Waals surface area contributed by atoms with Crippen molar-refractivity contribution in [1.29, 1.82) is 0 Å². The molecule has 0 spiro atoms. The van der Waals surface area contributed by atoms with E-state index in [1.165, 1.54) is 16.5 Å². The maximum atomic E-state index is 5.59. The standard InChI is InChI=1S/C14H12O2/c1-10-9-16-14-11(4-2-6-13(10)14)8-12-5-3-7-15-12/h2-7,9H,8H2,1H3. The second-order valence-electron chi connectivity index (χ2n) is 3.97. The molecular weight excluding hydrogens is 200 g/mol. The van der Waals surface area contributed by atoms with E-state index in [1.807, 2.05) is 12.1 Å². The highest BCUT2D eigenvalue weighted by Crippen LogP contribution is 2.25. The molecule has 2 heterocycles. The Hall–Kier alpha value is -1.96. The summed E-state index contributed by atoms with van der Waals surface area (Å²) in [5.41, 5.74) is 3.31. The molecule has 0 saturated carbocycles. The Bertz CT molecular complexity index is 603. The van der Waals surface area contributed by atoms with Crippen LogP contribution in [0, 0.1) is 6.92 Å². The third-order valence-corrected chi connectivity index (χ3v) is 2.82. The molecule has 0 radical (unpaired) electrons. The lowest BCUT2D eigenvalue weighted by atomic mass is 10.1. The normalized spacial score (nSPS) is 11.1. The zero-order valence-corrected chi connectivity index (χ0v) is 9.07. The van der Waals surface area contributed by atoms with Crippen molar-refractivity contribution in [2.75, 3.05) is 0 Å². The van der Waals surface area contributed by atoms with Gasteiger partial charge in [-0.05, 0) is 24.6 Å². The van der Waals surface area contributed by atoms with Gasteiger partial charge >= 0.3 is 0 Å². The van der Waals surface area contributed by atoms with E-state index < -0.39 is 0 Å². The van der Waals surface area contributed by atoms with Crippen LogP contribution in [0.15, 0.2) is 51.7 Å². The highest BCUT2D eigenvalue weighted by Gasteiger charge is 2.08. The molecule has 0 unspecified atom stereocenters. The third-order valence-electron chi connectivity index (χ3n) is 2.82. The van der Waals surface area contributed by atoms with E-state index in [-0.39, 0.29) is 0 Å². The minimum atomic E-state index is 0.775. The van der Waals surface area contributed by atoms with Gasteiger partial charge in [0.2, 0.25) is 0 Å². The Balaban J connectivity index is 2.10. The van der Waals surface area contributed by atoms with E-state index in [0.717, 1.165) is 17.8 Å². The maximum Gasteiger partial charge on any atom is 0.137 e. The molecule has 3 rings (SSSR count). The number of furan rings is 2. The molecule has 80 valence electrons. The Morgan fingerprint density at radius 1 is 1.06 bits per heavy atom. The number of benzene rings is 1. The lowest BCUT2D eigenvalue weighted by molar-refractivity contribution is 0.519. The van der Waals surface area contributed by atoms with E-state index >= 15 is 0 Å². The van der Waals surface area contributed by atoms with Crippen LogP contribution < -0.4 is 0 Å². The van der Waals surface area contributed by atoms with E-state index in [1.54, 1.807) is 12.5 Å². The molecule has 0 atom stereocenters. The average molecular weight is 212 g/mol. The zero-order valence-electron chi connectivity index (χ0n) is 9.07. The molecule has 0 N–H and O–H groups in total. The van der Waals surface area contributed by atoms with E-state index in [0.29, 0.717) is 0 Å². The first-order chi connectivity index (χ1) is 7.84. The fourth-order valence-corrected chi connectivity index (χ4v) is 1.99. The predicted molar refractivity (Wildman–Crippen MR) is 62.5 cm³/mol.